The van der Waals surface area contributed by atoms with Crippen LogP contribution in [0.25, 0.3) is 0 Å². The van der Waals surface area contributed by atoms with Crippen LogP contribution in [0.1, 0.15) is 49.8 Å². The monoisotopic (exact) mass is 349 g/mol. The summed E-state index contributed by atoms with van der Waals surface area (Å²) in [4.78, 5) is 0. The minimum Gasteiger partial charge on any atom is -0.310 e. The summed E-state index contributed by atoms with van der Waals surface area (Å²) in [7, 11) is 0. The van der Waals surface area contributed by atoms with Gasteiger partial charge in [-0.05, 0) is 43.0 Å². The molecule has 0 heterocycles. The van der Waals surface area contributed by atoms with E-state index in [2.05, 4.69) is 21.2 Å². The molecule has 1 aliphatic carbocycles. The van der Waals surface area contributed by atoms with Crippen molar-refractivity contribution >= 4 is 15.9 Å². The summed E-state index contributed by atoms with van der Waals surface area (Å²) in [5, 5.41) is 3.30. The summed E-state index contributed by atoms with van der Waals surface area (Å²) in [6.07, 6.45) is 0.217. The Morgan fingerprint density at radius 2 is 2.05 bits per heavy atom. The lowest BCUT2D eigenvalue weighted by Gasteiger charge is -2.20. The molecule has 1 aromatic carbocycles. The van der Waals surface area contributed by atoms with Gasteiger partial charge in [0.2, 0.25) is 0 Å². The smallest absolute Gasteiger partial charge is 0.310 e. The lowest BCUT2D eigenvalue weighted by atomic mass is 9.98. The summed E-state index contributed by atoms with van der Waals surface area (Å²) < 4.78 is 39.0. The summed E-state index contributed by atoms with van der Waals surface area (Å²) in [6.45, 7) is 2.74. The average molecular weight is 350 g/mol. The van der Waals surface area contributed by atoms with Crippen LogP contribution in [0.2, 0.25) is 0 Å². The molecule has 5 heteroatoms. The molecule has 2 rings (SSSR count). The van der Waals surface area contributed by atoms with Gasteiger partial charge in [-0.15, -0.1) is 0 Å². The van der Waals surface area contributed by atoms with Gasteiger partial charge in [-0.3, -0.25) is 0 Å². The molecule has 1 fully saturated rings. The molecule has 0 saturated heterocycles. The second-order valence-corrected chi connectivity index (χ2v) is 6.22. The molecule has 1 N–H and O–H groups in total. The van der Waals surface area contributed by atoms with Gasteiger partial charge in [-0.2, -0.15) is 13.2 Å². The Balaban J connectivity index is 2.18. The van der Waals surface area contributed by atoms with Crippen molar-refractivity contribution in [2.75, 3.05) is 6.54 Å². The molecule has 1 unspecified atom stereocenters. The first kappa shape index (κ1) is 15.8. The Bertz CT molecular complexity index is 455. The van der Waals surface area contributed by atoms with Crippen LogP contribution in [0.4, 0.5) is 13.2 Å². The molecule has 112 valence electrons. The predicted octanol–water partition coefficient (Wildman–Crippen LogP) is 5.31. The lowest BCUT2D eigenvalue weighted by Crippen LogP contribution is -2.21. The highest BCUT2D eigenvalue weighted by atomic mass is 79.9. The molecule has 1 saturated carbocycles. The van der Waals surface area contributed by atoms with Crippen LogP contribution in [-0.2, 0) is 6.18 Å². The number of nitrogens with one attached hydrogen (secondary N) is 1. The van der Waals surface area contributed by atoms with Gasteiger partial charge in [0.15, 0.2) is 0 Å². The molecule has 20 heavy (non-hydrogen) atoms. The highest BCUT2D eigenvalue weighted by Crippen LogP contribution is 2.39. The van der Waals surface area contributed by atoms with Crippen LogP contribution in [0.5, 0.6) is 0 Å². The normalized spacial score (nSPS) is 17.2. The SMILES string of the molecule is CCNC(CCC1CC1)c1ccc(Br)c(C(F)(F)F)c1. The summed E-state index contributed by atoms with van der Waals surface area (Å²) >= 11 is 2.99. The van der Waals surface area contributed by atoms with E-state index in [-0.39, 0.29) is 10.5 Å². The zero-order chi connectivity index (χ0) is 14.8. The topological polar surface area (TPSA) is 12.0 Å². The van der Waals surface area contributed by atoms with Gasteiger partial charge in [-0.25, -0.2) is 0 Å². The van der Waals surface area contributed by atoms with Crippen LogP contribution >= 0.6 is 15.9 Å². The van der Waals surface area contributed by atoms with Gasteiger partial charge in [-0.1, -0.05) is 41.8 Å². The number of benzene rings is 1. The molecule has 1 nitrogen and oxygen atoms in total. The van der Waals surface area contributed by atoms with Gasteiger partial charge >= 0.3 is 6.18 Å². The first-order chi connectivity index (χ1) is 9.41. The van der Waals surface area contributed by atoms with Crippen LogP contribution in [0, 0.1) is 5.92 Å². The van der Waals surface area contributed by atoms with Gasteiger partial charge in [0, 0.05) is 10.5 Å². The average Bonchev–Trinajstić information content (AvgIpc) is 3.18. The van der Waals surface area contributed by atoms with Crippen molar-refractivity contribution in [3.05, 3.63) is 33.8 Å². The van der Waals surface area contributed by atoms with E-state index in [9.17, 15) is 13.2 Å². The molecule has 1 aliphatic rings. The zero-order valence-electron chi connectivity index (χ0n) is 11.4. The predicted molar refractivity (Wildman–Crippen MR) is 77.5 cm³/mol. The Morgan fingerprint density at radius 3 is 2.60 bits per heavy atom. The largest absolute Gasteiger partial charge is 0.417 e. The van der Waals surface area contributed by atoms with Crippen LogP contribution in [-0.4, -0.2) is 6.54 Å². The standard InChI is InChI=1S/C15H19BrF3N/c1-2-20-14(8-5-10-3-4-10)11-6-7-13(16)12(9-11)15(17,18)19/h6-7,9-10,14,20H,2-5,8H2,1H3. The van der Waals surface area contributed by atoms with Crippen molar-refractivity contribution in [2.45, 2.75) is 44.8 Å². The van der Waals surface area contributed by atoms with Gasteiger partial charge < -0.3 is 5.32 Å². The number of rotatable bonds is 6. The molecule has 1 atom stereocenters. The highest BCUT2D eigenvalue weighted by Gasteiger charge is 2.33. The first-order valence-electron chi connectivity index (χ1n) is 7.01. The number of hydrogen-bond acceptors (Lipinski definition) is 1. The second-order valence-electron chi connectivity index (χ2n) is 5.37. The van der Waals surface area contributed by atoms with E-state index >= 15 is 0 Å². The number of alkyl halides is 3. The summed E-state index contributed by atoms with van der Waals surface area (Å²) in [5.41, 5.74) is 0.132. The van der Waals surface area contributed by atoms with Crippen molar-refractivity contribution < 1.29 is 13.2 Å². The van der Waals surface area contributed by atoms with Crippen LogP contribution in [0.15, 0.2) is 22.7 Å². The maximum absolute atomic E-state index is 13.0. The molecular weight excluding hydrogens is 331 g/mol. The minimum atomic E-state index is -4.32. The number of hydrogen-bond donors (Lipinski definition) is 1. The fourth-order valence-electron chi connectivity index (χ4n) is 2.42. The minimum absolute atomic E-state index is 0.00907. The van der Waals surface area contributed by atoms with Gasteiger partial charge in [0.1, 0.15) is 0 Å². The van der Waals surface area contributed by atoms with E-state index in [1.807, 2.05) is 6.92 Å². The Morgan fingerprint density at radius 1 is 1.35 bits per heavy atom. The third-order valence-electron chi connectivity index (χ3n) is 3.71. The van der Waals surface area contributed by atoms with Crippen molar-refractivity contribution in [1.29, 1.82) is 0 Å². The summed E-state index contributed by atoms with van der Waals surface area (Å²) in [5.74, 6) is 0.786. The van der Waals surface area contributed by atoms with Crippen molar-refractivity contribution in [1.82, 2.24) is 5.32 Å². The van der Waals surface area contributed by atoms with E-state index in [0.29, 0.717) is 0 Å². The summed E-state index contributed by atoms with van der Waals surface area (Å²) in [6, 6.07) is 4.55. The molecule has 0 aliphatic heterocycles. The van der Waals surface area contributed by atoms with E-state index in [1.54, 1.807) is 6.07 Å². The van der Waals surface area contributed by atoms with E-state index in [4.69, 9.17) is 0 Å². The second kappa shape index (κ2) is 6.48. The van der Waals surface area contributed by atoms with E-state index < -0.39 is 11.7 Å². The molecular formula is C15H19BrF3N. The first-order valence-corrected chi connectivity index (χ1v) is 7.81. The van der Waals surface area contributed by atoms with Crippen LogP contribution in [0.3, 0.4) is 0 Å². The molecule has 1 aromatic rings. The molecule has 0 radical (unpaired) electrons. The maximum Gasteiger partial charge on any atom is 0.417 e. The van der Waals surface area contributed by atoms with Crippen molar-refractivity contribution in [3.8, 4) is 0 Å². The fraction of sp³-hybridized carbons (Fsp3) is 0.600. The van der Waals surface area contributed by atoms with Gasteiger partial charge in [0.25, 0.3) is 0 Å². The molecule has 0 aromatic heterocycles. The number of halogens is 4. The van der Waals surface area contributed by atoms with E-state index in [1.165, 1.54) is 25.0 Å². The Labute approximate surface area is 126 Å². The third kappa shape index (κ3) is 4.22. The van der Waals surface area contributed by atoms with Crippen LogP contribution < -0.4 is 5.32 Å². The Kier molecular flexibility index (Phi) is 5.13. The van der Waals surface area contributed by atoms with E-state index in [0.717, 1.165) is 30.9 Å². The fourth-order valence-corrected chi connectivity index (χ4v) is 2.89. The quantitative estimate of drug-likeness (QED) is 0.733. The lowest BCUT2D eigenvalue weighted by molar-refractivity contribution is -0.138. The molecule has 0 amide bonds. The molecule has 0 spiro atoms. The third-order valence-corrected chi connectivity index (χ3v) is 4.40. The van der Waals surface area contributed by atoms with Crippen molar-refractivity contribution in [2.24, 2.45) is 5.92 Å². The highest BCUT2D eigenvalue weighted by molar-refractivity contribution is 9.10. The molecule has 0 bridgehead atoms. The zero-order valence-corrected chi connectivity index (χ0v) is 13.0. The van der Waals surface area contributed by atoms with Crippen molar-refractivity contribution in [3.63, 3.8) is 0 Å². The van der Waals surface area contributed by atoms with Gasteiger partial charge in [0.05, 0.1) is 5.56 Å². The maximum atomic E-state index is 13.0. The Hall–Kier alpha value is -0.550.